The van der Waals surface area contributed by atoms with E-state index in [-0.39, 0.29) is 0 Å². The van der Waals surface area contributed by atoms with E-state index in [1.165, 1.54) is 0 Å². The summed E-state index contributed by atoms with van der Waals surface area (Å²) in [5.41, 5.74) is 1.32. The first-order chi connectivity index (χ1) is 5.75. The highest BCUT2D eigenvalue weighted by Gasteiger charge is 2.01. The Morgan fingerprint density at radius 2 is 2.17 bits per heavy atom. The van der Waals surface area contributed by atoms with E-state index in [0.29, 0.717) is 5.56 Å². The largest absolute Gasteiger partial charge is 0.206 e. The van der Waals surface area contributed by atoms with Crippen LogP contribution in [0.15, 0.2) is 30.3 Å². The average Bonchev–Trinajstić information content (AvgIpc) is 2.05. The summed E-state index contributed by atoms with van der Waals surface area (Å²) >= 11 is 0. The van der Waals surface area contributed by atoms with E-state index >= 15 is 0 Å². The van der Waals surface area contributed by atoms with E-state index in [2.05, 4.69) is 0 Å². The molecule has 12 heavy (non-hydrogen) atoms. The topological polar surface area (TPSA) is 23.8 Å². The SMILES string of the molecule is Cc1ccccc1C(F)=CC#N. The maximum atomic E-state index is 13.0. The lowest BCUT2D eigenvalue weighted by Gasteiger charge is -1.99. The summed E-state index contributed by atoms with van der Waals surface area (Å²) in [6.45, 7) is 1.81. The quantitative estimate of drug-likeness (QED) is 0.581. The fraction of sp³-hybridized carbons (Fsp3) is 0.100. The number of nitriles is 1. The third-order valence-corrected chi connectivity index (χ3v) is 1.59. The Morgan fingerprint density at radius 3 is 2.75 bits per heavy atom. The van der Waals surface area contributed by atoms with Crippen molar-refractivity contribution in [2.75, 3.05) is 0 Å². The number of nitrogens with zero attached hydrogens (tertiary/aromatic N) is 1. The van der Waals surface area contributed by atoms with Crippen LogP contribution in [-0.2, 0) is 0 Å². The molecule has 1 rings (SSSR count). The van der Waals surface area contributed by atoms with Gasteiger partial charge in [0.05, 0.1) is 12.1 Å². The van der Waals surface area contributed by atoms with Crippen molar-refractivity contribution in [1.82, 2.24) is 0 Å². The molecule has 0 aliphatic rings. The van der Waals surface area contributed by atoms with Crippen LogP contribution in [0.2, 0.25) is 0 Å². The highest BCUT2D eigenvalue weighted by Crippen LogP contribution is 2.18. The van der Waals surface area contributed by atoms with Crippen LogP contribution in [-0.4, -0.2) is 0 Å². The van der Waals surface area contributed by atoms with Crippen LogP contribution >= 0.6 is 0 Å². The molecular weight excluding hydrogens is 153 g/mol. The van der Waals surface area contributed by atoms with Gasteiger partial charge in [0.25, 0.3) is 0 Å². The Kier molecular flexibility index (Phi) is 2.60. The van der Waals surface area contributed by atoms with Crippen molar-refractivity contribution >= 4 is 5.83 Å². The zero-order chi connectivity index (χ0) is 8.97. The third-order valence-electron chi connectivity index (χ3n) is 1.59. The van der Waals surface area contributed by atoms with Gasteiger partial charge < -0.3 is 0 Å². The monoisotopic (exact) mass is 161 g/mol. The van der Waals surface area contributed by atoms with Gasteiger partial charge in [-0.25, -0.2) is 4.39 Å². The second-order valence-electron chi connectivity index (χ2n) is 2.44. The second-order valence-corrected chi connectivity index (χ2v) is 2.44. The molecule has 0 atom stereocenters. The van der Waals surface area contributed by atoms with E-state index < -0.39 is 5.83 Å². The molecule has 1 aromatic carbocycles. The number of hydrogen-bond acceptors (Lipinski definition) is 1. The second kappa shape index (κ2) is 3.68. The first-order valence-corrected chi connectivity index (χ1v) is 3.57. The maximum absolute atomic E-state index is 13.0. The van der Waals surface area contributed by atoms with Gasteiger partial charge in [-0.2, -0.15) is 5.26 Å². The van der Waals surface area contributed by atoms with Crippen LogP contribution in [0.5, 0.6) is 0 Å². The molecule has 1 nitrogen and oxygen atoms in total. The average molecular weight is 161 g/mol. The summed E-state index contributed by atoms with van der Waals surface area (Å²) in [7, 11) is 0. The molecule has 0 radical (unpaired) electrons. The van der Waals surface area contributed by atoms with Gasteiger partial charge in [-0.15, -0.1) is 0 Å². The molecule has 0 aliphatic heterocycles. The Balaban J connectivity index is 3.13. The van der Waals surface area contributed by atoms with Crippen molar-refractivity contribution < 1.29 is 4.39 Å². The van der Waals surface area contributed by atoms with Crippen LogP contribution in [0.25, 0.3) is 5.83 Å². The lowest BCUT2D eigenvalue weighted by molar-refractivity contribution is 0.759. The minimum atomic E-state index is -0.476. The summed E-state index contributed by atoms with van der Waals surface area (Å²) in [6.07, 6.45) is 0.905. The minimum absolute atomic E-state index is 0.476. The zero-order valence-corrected chi connectivity index (χ0v) is 6.71. The number of halogens is 1. The Morgan fingerprint density at radius 1 is 1.50 bits per heavy atom. The van der Waals surface area contributed by atoms with Gasteiger partial charge in [0.1, 0.15) is 5.83 Å². The zero-order valence-electron chi connectivity index (χ0n) is 6.71. The molecule has 0 spiro atoms. The van der Waals surface area contributed by atoms with Crippen LogP contribution in [0.3, 0.4) is 0 Å². The molecule has 2 heteroatoms. The van der Waals surface area contributed by atoms with Gasteiger partial charge in [0.2, 0.25) is 0 Å². The molecule has 0 saturated heterocycles. The van der Waals surface area contributed by atoms with Crippen LogP contribution in [0, 0.1) is 18.3 Å². The molecule has 0 aromatic heterocycles. The fourth-order valence-electron chi connectivity index (χ4n) is 0.975. The van der Waals surface area contributed by atoms with E-state index in [9.17, 15) is 4.39 Å². The Labute approximate surface area is 70.8 Å². The van der Waals surface area contributed by atoms with Crippen LogP contribution in [0.4, 0.5) is 4.39 Å². The van der Waals surface area contributed by atoms with Crippen molar-refractivity contribution in [2.24, 2.45) is 0 Å². The van der Waals surface area contributed by atoms with Crippen molar-refractivity contribution in [3.63, 3.8) is 0 Å². The Bertz CT molecular complexity index is 347. The predicted octanol–water partition coefficient (Wildman–Crippen LogP) is 2.83. The molecule has 0 bridgehead atoms. The number of hydrogen-bond donors (Lipinski definition) is 0. The summed E-state index contributed by atoms with van der Waals surface area (Å²) in [5.74, 6) is -0.476. The number of allylic oxidation sites excluding steroid dienone is 1. The van der Waals surface area contributed by atoms with E-state index in [4.69, 9.17) is 5.26 Å². The smallest absolute Gasteiger partial charge is 0.141 e. The van der Waals surface area contributed by atoms with Crippen molar-refractivity contribution in [3.05, 3.63) is 41.5 Å². The van der Waals surface area contributed by atoms with Crippen LogP contribution < -0.4 is 0 Å². The van der Waals surface area contributed by atoms with Crippen LogP contribution in [0.1, 0.15) is 11.1 Å². The molecule has 0 heterocycles. The van der Waals surface area contributed by atoms with Gasteiger partial charge >= 0.3 is 0 Å². The highest BCUT2D eigenvalue weighted by atomic mass is 19.1. The molecule has 1 aromatic rings. The molecule has 0 aliphatic carbocycles. The summed E-state index contributed by atoms with van der Waals surface area (Å²) in [6, 6.07) is 8.69. The lowest BCUT2D eigenvalue weighted by Crippen LogP contribution is -1.82. The molecule has 0 saturated carbocycles. The van der Waals surface area contributed by atoms with Crippen molar-refractivity contribution in [3.8, 4) is 6.07 Å². The number of benzene rings is 1. The van der Waals surface area contributed by atoms with Gasteiger partial charge in [-0.3, -0.25) is 0 Å². The van der Waals surface area contributed by atoms with E-state index in [1.54, 1.807) is 31.2 Å². The molecular formula is C10H8FN. The van der Waals surface area contributed by atoms with E-state index in [1.807, 2.05) is 6.07 Å². The highest BCUT2D eigenvalue weighted by molar-refractivity contribution is 5.63. The van der Waals surface area contributed by atoms with Gasteiger partial charge in [0, 0.05) is 5.56 Å². The molecule has 0 fully saturated rings. The first-order valence-electron chi connectivity index (χ1n) is 3.57. The summed E-state index contributed by atoms with van der Waals surface area (Å²) < 4.78 is 13.0. The van der Waals surface area contributed by atoms with Crippen molar-refractivity contribution in [2.45, 2.75) is 6.92 Å². The summed E-state index contributed by atoms with van der Waals surface area (Å²) in [4.78, 5) is 0. The normalized spacial score (nSPS) is 10.9. The van der Waals surface area contributed by atoms with E-state index in [0.717, 1.165) is 11.6 Å². The molecule has 60 valence electrons. The molecule has 0 N–H and O–H groups in total. The Hall–Kier alpha value is -1.62. The van der Waals surface area contributed by atoms with Gasteiger partial charge in [-0.05, 0) is 12.5 Å². The maximum Gasteiger partial charge on any atom is 0.141 e. The predicted molar refractivity (Wildman–Crippen MR) is 45.9 cm³/mol. The number of aryl methyl sites for hydroxylation is 1. The van der Waals surface area contributed by atoms with Gasteiger partial charge in [0.15, 0.2) is 0 Å². The first kappa shape index (κ1) is 8.48. The van der Waals surface area contributed by atoms with Gasteiger partial charge in [-0.1, -0.05) is 24.3 Å². The summed E-state index contributed by atoms with van der Waals surface area (Å²) in [5, 5.41) is 8.22. The molecule has 0 amide bonds. The third kappa shape index (κ3) is 1.70. The fourth-order valence-corrected chi connectivity index (χ4v) is 0.975. The van der Waals surface area contributed by atoms with Crippen molar-refractivity contribution in [1.29, 1.82) is 5.26 Å². The lowest BCUT2D eigenvalue weighted by atomic mass is 10.1. The number of rotatable bonds is 1. The molecule has 0 unspecified atom stereocenters. The standard InChI is InChI=1S/C10H8FN/c1-8-4-2-3-5-9(8)10(11)6-7-12/h2-6H,1H3. The minimum Gasteiger partial charge on any atom is -0.206 e.